The maximum absolute atomic E-state index is 12.9. The fourth-order valence-electron chi connectivity index (χ4n) is 5.03. The van der Waals surface area contributed by atoms with E-state index in [4.69, 9.17) is 4.74 Å². The molecule has 1 aromatic heterocycles. The van der Waals surface area contributed by atoms with E-state index in [9.17, 15) is 9.59 Å². The topological polar surface area (TPSA) is 71.5 Å². The zero-order valence-electron chi connectivity index (χ0n) is 17.4. The lowest BCUT2D eigenvalue weighted by Crippen LogP contribution is -2.44. The molecule has 1 saturated heterocycles. The third-order valence-corrected chi connectivity index (χ3v) is 6.74. The van der Waals surface area contributed by atoms with Crippen LogP contribution in [0.15, 0.2) is 60.8 Å². The number of piperidine rings is 1. The highest BCUT2D eigenvalue weighted by Gasteiger charge is 2.42. The summed E-state index contributed by atoms with van der Waals surface area (Å²) in [4.78, 5) is 31.8. The number of pyridine rings is 1. The highest BCUT2D eigenvalue weighted by atomic mass is 16.5. The number of anilines is 1. The second-order valence-corrected chi connectivity index (χ2v) is 8.78. The van der Waals surface area contributed by atoms with Crippen LogP contribution in [0.5, 0.6) is 11.6 Å². The monoisotopic (exact) mass is 417 g/mol. The van der Waals surface area contributed by atoms with E-state index < -0.39 is 0 Å². The quantitative estimate of drug-likeness (QED) is 0.738. The van der Waals surface area contributed by atoms with Crippen LogP contribution in [0.2, 0.25) is 0 Å². The molecule has 3 aliphatic rings. The van der Waals surface area contributed by atoms with Crippen LogP contribution < -0.4 is 10.1 Å². The molecule has 2 aromatic rings. The van der Waals surface area contributed by atoms with Crippen LogP contribution in [-0.4, -0.2) is 34.8 Å². The van der Waals surface area contributed by atoms with Crippen molar-refractivity contribution in [2.75, 3.05) is 18.4 Å². The number of carbonyl (C=O) groups excluding carboxylic acids is 2. The molecule has 6 nitrogen and oxygen atoms in total. The van der Waals surface area contributed by atoms with Gasteiger partial charge in [0.15, 0.2) is 0 Å². The lowest BCUT2D eigenvalue weighted by Gasteiger charge is -2.34. The van der Waals surface area contributed by atoms with Gasteiger partial charge in [-0.15, -0.1) is 0 Å². The van der Waals surface area contributed by atoms with E-state index >= 15 is 0 Å². The minimum absolute atomic E-state index is 0.00603. The Morgan fingerprint density at radius 2 is 1.81 bits per heavy atom. The lowest BCUT2D eigenvalue weighted by atomic mass is 9.90. The van der Waals surface area contributed by atoms with Crippen molar-refractivity contribution in [1.82, 2.24) is 9.88 Å². The van der Waals surface area contributed by atoms with Gasteiger partial charge in [0, 0.05) is 31.0 Å². The molecule has 1 aromatic carbocycles. The Morgan fingerprint density at radius 3 is 2.45 bits per heavy atom. The smallest absolute Gasteiger partial charge is 0.227 e. The van der Waals surface area contributed by atoms with Crippen molar-refractivity contribution in [3.8, 4) is 11.6 Å². The molecule has 160 valence electrons. The predicted octanol–water partition coefficient (Wildman–Crippen LogP) is 4.26. The first-order chi connectivity index (χ1) is 15.2. The molecule has 31 heavy (non-hydrogen) atoms. The molecule has 2 amide bonds. The van der Waals surface area contributed by atoms with E-state index in [2.05, 4.69) is 22.5 Å². The van der Waals surface area contributed by atoms with Crippen LogP contribution in [-0.2, 0) is 9.59 Å². The third-order valence-electron chi connectivity index (χ3n) is 6.74. The van der Waals surface area contributed by atoms with Gasteiger partial charge in [-0.05, 0) is 55.7 Å². The molecule has 2 aliphatic carbocycles. The van der Waals surface area contributed by atoms with E-state index in [0.717, 1.165) is 18.6 Å². The summed E-state index contributed by atoms with van der Waals surface area (Å²) >= 11 is 0. The van der Waals surface area contributed by atoms with E-state index in [1.165, 1.54) is 0 Å². The summed E-state index contributed by atoms with van der Waals surface area (Å²) in [7, 11) is 0. The SMILES string of the molecule is O=C(Nc1ccc(Oc2ccccc2)nc1)C1CCN(C(=O)[C@@H]2C[C@@H]3C=C[C@H]2C3)CC1. The van der Waals surface area contributed by atoms with Crippen molar-refractivity contribution in [2.45, 2.75) is 25.7 Å². The zero-order valence-corrected chi connectivity index (χ0v) is 17.4. The first-order valence-corrected chi connectivity index (χ1v) is 11.1. The molecule has 3 atom stereocenters. The molecule has 0 unspecified atom stereocenters. The van der Waals surface area contributed by atoms with Crippen molar-refractivity contribution in [3.63, 3.8) is 0 Å². The number of hydrogen-bond donors (Lipinski definition) is 1. The first kappa shape index (κ1) is 19.8. The number of fused-ring (bicyclic) bond motifs is 2. The number of allylic oxidation sites excluding steroid dienone is 2. The Balaban J connectivity index is 1.11. The summed E-state index contributed by atoms with van der Waals surface area (Å²) < 4.78 is 5.68. The predicted molar refractivity (Wildman–Crippen MR) is 118 cm³/mol. The molecule has 5 rings (SSSR count). The Hall–Kier alpha value is -3.15. The normalized spacial score (nSPS) is 24.9. The number of rotatable bonds is 5. The van der Waals surface area contributed by atoms with Gasteiger partial charge in [-0.25, -0.2) is 4.98 Å². The van der Waals surface area contributed by atoms with E-state index in [1.54, 1.807) is 18.3 Å². The molecule has 1 saturated carbocycles. The number of nitrogens with one attached hydrogen (secondary N) is 1. The van der Waals surface area contributed by atoms with Crippen molar-refractivity contribution in [2.24, 2.45) is 23.7 Å². The highest BCUT2D eigenvalue weighted by molar-refractivity contribution is 5.92. The molecule has 6 heteroatoms. The average Bonchev–Trinajstić information content (AvgIpc) is 3.45. The van der Waals surface area contributed by atoms with Crippen molar-refractivity contribution in [3.05, 3.63) is 60.8 Å². The summed E-state index contributed by atoms with van der Waals surface area (Å²) in [5.74, 6) is 2.58. The number of aromatic nitrogens is 1. The summed E-state index contributed by atoms with van der Waals surface area (Å²) in [6.07, 6.45) is 9.64. The Morgan fingerprint density at radius 1 is 1.00 bits per heavy atom. The maximum atomic E-state index is 12.9. The van der Waals surface area contributed by atoms with Crippen LogP contribution >= 0.6 is 0 Å². The minimum Gasteiger partial charge on any atom is -0.439 e. The number of para-hydroxylation sites is 1. The molecule has 0 spiro atoms. The van der Waals surface area contributed by atoms with Gasteiger partial charge in [-0.1, -0.05) is 30.4 Å². The average molecular weight is 418 g/mol. The van der Waals surface area contributed by atoms with Crippen LogP contribution in [0.25, 0.3) is 0 Å². The van der Waals surface area contributed by atoms with E-state index in [-0.39, 0.29) is 23.7 Å². The lowest BCUT2D eigenvalue weighted by molar-refractivity contribution is -0.139. The first-order valence-electron chi connectivity index (χ1n) is 11.1. The van der Waals surface area contributed by atoms with Crippen LogP contribution in [0.3, 0.4) is 0 Å². The molecule has 1 aliphatic heterocycles. The number of ether oxygens (including phenoxy) is 1. The number of benzene rings is 1. The second kappa shape index (κ2) is 8.53. The van der Waals surface area contributed by atoms with Crippen molar-refractivity contribution < 1.29 is 14.3 Å². The van der Waals surface area contributed by atoms with Crippen LogP contribution in [0, 0.1) is 23.7 Å². The van der Waals surface area contributed by atoms with Gasteiger partial charge in [-0.3, -0.25) is 9.59 Å². The second-order valence-electron chi connectivity index (χ2n) is 8.78. The van der Waals surface area contributed by atoms with Gasteiger partial charge in [0.25, 0.3) is 0 Å². The Bertz CT molecular complexity index is 965. The third kappa shape index (κ3) is 4.33. The van der Waals surface area contributed by atoms with Gasteiger partial charge in [0.2, 0.25) is 17.7 Å². The standard InChI is InChI=1S/C25H27N3O3/c29-24(27-20-8-9-23(26-16-20)31-21-4-2-1-3-5-21)18-10-12-28(13-11-18)25(30)22-15-17-6-7-19(22)14-17/h1-9,16-19,22H,10-15H2,(H,27,29)/t17-,19+,22-/m1/s1. The Labute approximate surface area is 182 Å². The fourth-order valence-corrected chi connectivity index (χ4v) is 5.03. The maximum Gasteiger partial charge on any atom is 0.227 e. The van der Waals surface area contributed by atoms with Crippen LogP contribution in [0.4, 0.5) is 5.69 Å². The van der Waals surface area contributed by atoms with E-state index in [0.29, 0.717) is 49.3 Å². The molecule has 1 N–H and O–H groups in total. The van der Waals surface area contributed by atoms with Crippen molar-refractivity contribution >= 4 is 17.5 Å². The molecule has 0 radical (unpaired) electrons. The highest BCUT2D eigenvalue weighted by Crippen LogP contribution is 2.44. The van der Waals surface area contributed by atoms with E-state index in [1.807, 2.05) is 35.2 Å². The largest absolute Gasteiger partial charge is 0.439 e. The number of amides is 2. The number of likely N-dealkylation sites (tertiary alicyclic amines) is 1. The van der Waals surface area contributed by atoms with Gasteiger partial charge in [-0.2, -0.15) is 0 Å². The fraction of sp³-hybridized carbons (Fsp3) is 0.400. The summed E-state index contributed by atoms with van der Waals surface area (Å²) in [5.41, 5.74) is 0.651. The summed E-state index contributed by atoms with van der Waals surface area (Å²) in [5, 5.41) is 2.95. The van der Waals surface area contributed by atoms with Crippen molar-refractivity contribution in [1.29, 1.82) is 0 Å². The van der Waals surface area contributed by atoms with Gasteiger partial charge in [0.05, 0.1) is 11.9 Å². The molecular weight excluding hydrogens is 390 g/mol. The molecule has 2 bridgehead atoms. The summed E-state index contributed by atoms with van der Waals surface area (Å²) in [6.45, 7) is 1.33. The number of hydrogen-bond acceptors (Lipinski definition) is 4. The van der Waals surface area contributed by atoms with Gasteiger partial charge in [0.1, 0.15) is 5.75 Å². The van der Waals surface area contributed by atoms with Crippen LogP contribution in [0.1, 0.15) is 25.7 Å². The molecular formula is C25H27N3O3. The summed E-state index contributed by atoms with van der Waals surface area (Å²) in [6, 6.07) is 13.0. The minimum atomic E-state index is -0.0794. The number of nitrogens with zero attached hydrogens (tertiary/aromatic N) is 2. The zero-order chi connectivity index (χ0) is 21.2. The van der Waals surface area contributed by atoms with Gasteiger partial charge >= 0.3 is 0 Å². The molecule has 2 fully saturated rings. The Kier molecular flexibility index (Phi) is 5.45. The van der Waals surface area contributed by atoms with Gasteiger partial charge < -0.3 is 15.0 Å². The number of carbonyl (C=O) groups is 2. The molecule has 2 heterocycles.